The molecule has 0 aliphatic heterocycles. The summed E-state index contributed by atoms with van der Waals surface area (Å²) in [5, 5.41) is 5.76. The van der Waals surface area contributed by atoms with Gasteiger partial charge < -0.3 is 0 Å². The highest BCUT2D eigenvalue weighted by atomic mass is 32.1. The number of thiazole rings is 1. The van der Waals surface area contributed by atoms with Crippen LogP contribution in [0.5, 0.6) is 0 Å². The van der Waals surface area contributed by atoms with Crippen LogP contribution >= 0.6 is 11.3 Å². The Morgan fingerprint density at radius 3 is 2.70 bits per heavy atom. The van der Waals surface area contributed by atoms with Crippen molar-refractivity contribution in [3.8, 4) is 0 Å². The van der Waals surface area contributed by atoms with Crippen LogP contribution in [0.25, 0.3) is 6.08 Å². The van der Waals surface area contributed by atoms with Gasteiger partial charge in [0.2, 0.25) is 5.91 Å². The number of anilines is 2. The number of halogens is 2. The van der Waals surface area contributed by atoms with Gasteiger partial charge in [-0.25, -0.2) is 13.8 Å². The molecule has 0 saturated heterocycles. The van der Waals surface area contributed by atoms with Gasteiger partial charge in [0.25, 0.3) is 0 Å². The molecule has 1 aromatic carbocycles. The van der Waals surface area contributed by atoms with Crippen molar-refractivity contribution in [3.63, 3.8) is 0 Å². The van der Waals surface area contributed by atoms with Gasteiger partial charge in [-0.1, -0.05) is 0 Å². The zero-order chi connectivity index (χ0) is 19.6. The molecule has 9 heteroatoms. The van der Waals surface area contributed by atoms with Gasteiger partial charge in [-0.05, 0) is 24.3 Å². The lowest BCUT2D eigenvalue weighted by Crippen LogP contribution is -2.23. The number of aromatic nitrogens is 3. The largest absolute Gasteiger partial charge is 0.289 e. The van der Waals surface area contributed by atoms with Crippen molar-refractivity contribution in [2.24, 2.45) is 7.05 Å². The molecule has 0 saturated carbocycles. The van der Waals surface area contributed by atoms with E-state index < -0.39 is 17.5 Å². The maximum Gasteiger partial charge on any atom is 0.230 e. The Morgan fingerprint density at radius 2 is 2.07 bits per heavy atom. The number of allylic oxidation sites excluding steroid dienone is 1. The van der Waals surface area contributed by atoms with Crippen LogP contribution in [0, 0.1) is 11.6 Å². The fourth-order valence-electron chi connectivity index (χ4n) is 2.33. The van der Waals surface area contributed by atoms with E-state index in [1.165, 1.54) is 36.0 Å². The van der Waals surface area contributed by atoms with Crippen molar-refractivity contribution >= 4 is 39.9 Å². The highest BCUT2D eigenvalue weighted by molar-refractivity contribution is 7.14. The number of ketones is 1. The second-order valence-corrected chi connectivity index (χ2v) is 6.44. The number of carbonyl (C=O) groups is 2. The minimum absolute atomic E-state index is 0.0970. The Hall–Kier alpha value is -3.20. The molecule has 2 aromatic heterocycles. The van der Waals surface area contributed by atoms with Crippen molar-refractivity contribution in [2.45, 2.75) is 6.92 Å². The number of hydrogen-bond donors (Lipinski definition) is 0. The van der Waals surface area contributed by atoms with Gasteiger partial charge in [0, 0.05) is 31.6 Å². The smallest absolute Gasteiger partial charge is 0.230 e. The molecule has 3 aromatic rings. The summed E-state index contributed by atoms with van der Waals surface area (Å²) in [6.07, 6.45) is 5.88. The Morgan fingerprint density at radius 1 is 1.30 bits per heavy atom. The number of amides is 1. The topological polar surface area (TPSA) is 68.1 Å². The summed E-state index contributed by atoms with van der Waals surface area (Å²) in [6, 6.07) is 2.94. The first-order valence-corrected chi connectivity index (χ1v) is 8.65. The molecule has 0 N–H and O–H groups in total. The highest BCUT2D eigenvalue weighted by Crippen LogP contribution is 2.31. The third-order valence-electron chi connectivity index (χ3n) is 3.56. The molecule has 3 rings (SSSR count). The van der Waals surface area contributed by atoms with E-state index in [1.54, 1.807) is 18.6 Å². The van der Waals surface area contributed by atoms with E-state index in [9.17, 15) is 18.4 Å². The van der Waals surface area contributed by atoms with Gasteiger partial charge in [-0.15, -0.1) is 11.3 Å². The fraction of sp³-hybridized carbons (Fsp3) is 0.111. The molecular formula is C18H14F2N4O2S. The predicted octanol–water partition coefficient (Wildman–Crippen LogP) is 3.74. The predicted molar refractivity (Wildman–Crippen MR) is 97.9 cm³/mol. The molecule has 0 spiro atoms. The average Bonchev–Trinajstić information content (AvgIpc) is 3.24. The van der Waals surface area contributed by atoms with Gasteiger partial charge in [0.1, 0.15) is 11.6 Å². The molecule has 138 valence electrons. The summed E-state index contributed by atoms with van der Waals surface area (Å²) in [5.41, 5.74) is 0.768. The molecule has 0 aliphatic carbocycles. The SMILES string of the molecule is CC(=O)N(c1nc(C=CC(=O)c2cnn(C)c2)cs1)c1ccc(F)cc1F. The van der Waals surface area contributed by atoms with E-state index in [4.69, 9.17) is 0 Å². The van der Waals surface area contributed by atoms with Crippen molar-refractivity contribution in [1.29, 1.82) is 0 Å². The standard InChI is InChI=1S/C18H14F2N4O2S/c1-11(25)24(16-5-3-13(19)7-15(16)20)18-22-14(10-27-18)4-6-17(26)12-8-21-23(2)9-12/h3-10H,1-2H3. The Balaban J connectivity index is 1.85. The maximum absolute atomic E-state index is 14.1. The van der Waals surface area contributed by atoms with Crippen molar-refractivity contribution in [1.82, 2.24) is 14.8 Å². The minimum atomic E-state index is -0.871. The van der Waals surface area contributed by atoms with Crippen LogP contribution in [-0.4, -0.2) is 26.5 Å². The lowest BCUT2D eigenvalue weighted by atomic mass is 10.2. The summed E-state index contributed by atoms with van der Waals surface area (Å²) in [5.74, 6) is -2.33. The minimum Gasteiger partial charge on any atom is -0.289 e. The van der Waals surface area contributed by atoms with E-state index in [0.717, 1.165) is 22.3 Å². The van der Waals surface area contributed by atoms with Crippen molar-refractivity contribution < 1.29 is 18.4 Å². The molecule has 1 amide bonds. The van der Waals surface area contributed by atoms with Crippen molar-refractivity contribution in [2.75, 3.05) is 4.90 Å². The molecular weight excluding hydrogens is 374 g/mol. The number of rotatable bonds is 5. The first-order chi connectivity index (χ1) is 12.8. The summed E-state index contributed by atoms with van der Waals surface area (Å²) in [7, 11) is 1.71. The van der Waals surface area contributed by atoms with Gasteiger partial charge >= 0.3 is 0 Å². The van der Waals surface area contributed by atoms with Crippen molar-refractivity contribution in [3.05, 3.63) is 64.9 Å². The van der Waals surface area contributed by atoms with E-state index in [1.807, 2.05) is 0 Å². The number of hydrogen-bond acceptors (Lipinski definition) is 5. The van der Waals surface area contributed by atoms with Crippen LogP contribution in [0.2, 0.25) is 0 Å². The number of benzene rings is 1. The van der Waals surface area contributed by atoms with E-state index in [0.29, 0.717) is 17.3 Å². The monoisotopic (exact) mass is 388 g/mol. The molecule has 6 nitrogen and oxygen atoms in total. The Bertz CT molecular complexity index is 1040. The molecule has 27 heavy (non-hydrogen) atoms. The number of carbonyl (C=O) groups excluding carboxylic acids is 2. The Kier molecular flexibility index (Phi) is 5.22. The molecule has 0 bridgehead atoms. The van der Waals surface area contributed by atoms with E-state index in [-0.39, 0.29) is 16.6 Å². The van der Waals surface area contributed by atoms with E-state index in [2.05, 4.69) is 10.1 Å². The summed E-state index contributed by atoms with van der Waals surface area (Å²) in [6.45, 7) is 1.26. The third-order valence-corrected chi connectivity index (χ3v) is 4.41. The molecule has 0 aliphatic rings. The lowest BCUT2D eigenvalue weighted by Gasteiger charge is -2.18. The fourth-order valence-corrected chi connectivity index (χ4v) is 3.18. The van der Waals surface area contributed by atoms with Crippen LogP contribution in [0.4, 0.5) is 19.6 Å². The zero-order valence-electron chi connectivity index (χ0n) is 14.4. The highest BCUT2D eigenvalue weighted by Gasteiger charge is 2.21. The number of nitrogens with zero attached hydrogens (tertiary/aromatic N) is 4. The third kappa shape index (κ3) is 4.14. The molecule has 0 fully saturated rings. The lowest BCUT2D eigenvalue weighted by molar-refractivity contribution is -0.115. The summed E-state index contributed by atoms with van der Waals surface area (Å²) in [4.78, 5) is 29.4. The van der Waals surface area contributed by atoms with E-state index >= 15 is 0 Å². The first-order valence-electron chi connectivity index (χ1n) is 7.77. The van der Waals surface area contributed by atoms with Crippen LogP contribution in [-0.2, 0) is 11.8 Å². The van der Waals surface area contributed by atoms with Crippen LogP contribution < -0.4 is 4.90 Å². The molecule has 0 atom stereocenters. The van der Waals surface area contributed by atoms with Crippen LogP contribution in [0.1, 0.15) is 23.0 Å². The van der Waals surface area contributed by atoms with Gasteiger partial charge in [0.05, 0.1) is 23.1 Å². The molecule has 0 unspecified atom stereocenters. The van der Waals surface area contributed by atoms with Gasteiger partial charge in [0.15, 0.2) is 10.9 Å². The summed E-state index contributed by atoms with van der Waals surface area (Å²) >= 11 is 1.10. The van der Waals surface area contributed by atoms with Gasteiger partial charge in [-0.2, -0.15) is 5.10 Å². The Labute approximate surface area is 157 Å². The second kappa shape index (κ2) is 7.58. The average molecular weight is 388 g/mol. The summed E-state index contributed by atoms with van der Waals surface area (Å²) < 4.78 is 28.7. The number of aryl methyl sites for hydroxylation is 1. The van der Waals surface area contributed by atoms with Gasteiger partial charge in [-0.3, -0.25) is 19.2 Å². The molecule has 2 heterocycles. The zero-order valence-corrected chi connectivity index (χ0v) is 15.2. The second-order valence-electron chi connectivity index (χ2n) is 5.61. The quantitative estimate of drug-likeness (QED) is 0.493. The maximum atomic E-state index is 14.1. The van der Waals surface area contributed by atoms with Crippen LogP contribution in [0.15, 0.2) is 42.0 Å². The first kappa shape index (κ1) is 18.6. The normalized spacial score (nSPS) is 11.1. The van der Waals surface area contributed by atoms with Crippen LogP contribution in [0.3, 0.4) is 0 Å². The molecule has 0 radical (unpaired) electrons.